The molecule has 0 aliphatic heterocycles. The Balaban J connectivity index is 2.88. The highest BCUT2D eigenvalue weighted by atomic mass is 16.1. The van der Waals surface area contributed by atoms with Crippen molar-refractivity contribution >= 4 is 11.8 Å². The van der Waals surface area contributed by atoms with Gasteiger partial charge >= 0.3 is 0 Å². The second-order valence-corrected chi connectivity index (χ2v) is 3.12. The Morgan fingerprint density at radius 2 is 2.36 bits per heavy atom. The largest absolute Gasteiger partial charge is 0.324 e. The van der Waals surface area contributed by atoms with Crippen LogP contribution in [0.4, 0.5) is 0 Å². The van der Waals surface area contributed by atoms with Crippen molar-refractivity contribution in [3.05, 3.63) is 35.4 Å². The molecule has 2 aromatic rings. The summed E-state index contributed by atoms with van der Waals surface area (Å²) in [6, 6.07) is 5.73. The van der Waals surface area contributed by atoms with Crippen molar-refractivity contribution < 1.29 is 4.79 Å². The Bertz CT molecular complexity index is 487. The van der Waals surface area contributed by atoms with Gasteiger partial charge in [0.1, 0.15) is 11.5 Å². The van der Waals surface area contributed by atoms with Crippen molar-refractivity contribution in [2.75, 3.05) is 0 Å². The van der Waals surface area contributed by atoms with Crippen LogP contribution < -0.4 is 5.73 Å². The first-order valence-electron chi connectivity index (χ1n) is 4.40. The van der Waals surface area contributed by atoms with Crippen LogP contribution in [0.5, 0.6) is 0 Å². The van der Waals surface area contributed by atoms with E-state index >= 15 is 0 Å². The van der Waals surface area contributed by atoms with Gasteiger partial charge in [-0.1, -0.05) is 6.07 Å². The molecule has 0 radical (unpaired) electrons. The van der Waals surface area contributed by atoms with Crippen LogP contribution in [0.1, 0.15) is 22.0 Å². The highest BCUT2D eigenvalue weighted by molar-refractivity contribution is 5.83. The number of hydrogen-bond donors (Lipinski definition) is 1. The first-order valence-corrected chi connectivity index (χ1v) is 4.40. The number of aromatic nitrogens is 2. The van der Waals surface area contributed by atoms with Crippen LogP contribution in [0.2, 0.25) is 0 Å². The van der Waals surface area contributed by atoms with Crippen LogP contribution in [0.15, 0.2) is 18.2 Å². The average molecular weight is 189 g/mol. The molecule has 2 N–H and O–H groups in total. The lowest BCUT2D eigenvalue weighted by Crippen LogP contribution is -2.04. The zero-order valence-electron chi connectivity index (χ0n) is 7.90. The van der Waals surface area contributed by atoms with E-state index in [1.165, 1.54) is 0 Å². The lowest BCUT2D eigenvalue weighted by Gasteiger charge is -2.01. The molecule has 0 atom stereocenters. The van der Waals surface area contributed by atoms with Gasteiger partial charge in [0.05, 0.1) is 12.1 Å². The van der Waals surface area contributed by atoms with Gasteiger partial charge in [-0.2, -0.15) is 0 Å². The van der Waals surface area contributed by atoms with Crippen molar-refractivity contribution in [2.45, 2.75) is 13.5 Å². The molecule has 0 saturated heterocycles. The summed E-state index contributed by atoms with van der Waals surface area (Å²) >= 11 is 0. The van der Waals surface area contributed by atoms with Crippen molar-refractivity contribution in [1.29, 1.82) is 0 Å². The second-order valence-electron chi connectivity index (χ2n) is 3.12. The van der Waals surface area contributed by atoms with Crippen molar-refractivity contribution in [2.24, 2.45) is 5.73 Å². The van der Waals surface area contributed by atoms with E-state index < -0.39 is 0 Å². The van der Waals surface area contributed by atoms with E-state index in [9.17, 15) is 4.79 Å². The Morgan fingerprint density at radius 3 is 3.00 bits per heavy atom. The van der Waals surface area contributed by atoms with Crippen LogP contribution in [-0.2, 0) is 6.54 Å². The number of hydrogen-bond acceptors (Lipinski definition) is 3. The summed E-state index contributed by atoms with van der Waals surface area (Å²) in [7, 11) is 0. The third-order valence-corrected chi connectivity index (χ3v) is 2.25. The van der Waals surface area contributed by atoms with E-state index in [0.717, 1.165) is 23.3 Å². The van der Waals surface area contributed by atoms with Gasteiger partial charge in [0.2, 0.25) is 0 Å². The van der Waals surface area contributed by atoms with Gasteiger partial charge in [-0.15, -0.1) is 0 Å². The number of aldehydes is 1. The number of pyridine rings is 1. The normalized spacial score (nSPS) is 10.7. The molecule has 4 heteroatoms. The number of carbonyl (C=O) groups is 1. The Labute approximate surface area is 81.4 Å². The summed E-state index contributed by atoms with van der Waals surface area (Å²) in [6.07, 6.45) is 0.758. The van der Waals surface area contributed by atoms with Gasteiger partial charge in [-0.25, -0.2) is 4.98 Å². The summed E-state index contributed by atoms with van der Waals surface area (Å²) < 4.78 is 1.91. The third kappa shape index (κ3) is 1.12. The highest BCUT2D eigenvalue weighted by Crippen LogP contribution is 2.13. The number of fused-ring (bicyclic) bond motifs is 1. The molecule has 0 aliphatic carbocycles. The molecule has 2 aromatic heterocycles. The molecule has 0 spiro atoms. The summed E-state index contributed by atoms with van der Waals surface area (Å²) in [5, 5.41) is 0. The van der Waals surface area contributed by atoms with Crippen LogP contribution >= 0.6 is 0 Å². The molecule has 0 amide bonds. The lowest BCUT2D eigenvalue weighted by molar-refractivity contribution is 0.112. The van der Waals surface area contributed by atoms with Crippen LogP contribution in [0, 0.1) is 6.92 Å². The average Bonchev–Trinajstić information content (AvgIpc) is 2.57. The molecule has 0 fully saturated rings. The Hall–Kier alpha value is -1.68. The van der Waals surface area contributed by atoms with Gasteiger partial charge in [-0.3, -0.25) is 9.20 Å². The fraction of sp³-hybridized carbons (Fsp3) is 0.200. The van der Waals surface area contributed by atoms with Gasteiger partial charge in [0, 0.05) is 5.69 Å². The molecule has 0 bridgehead atoms. The highest BCUT2D eigenvalue weighted by Gasteiger charge is 2.09. The molecule has 0 aliphatic rings. The predicted molar refractivity (Wildman–Crippen MR) is 53.2 cm³/mol. The molecular weight excluding hydrogens is 178 g/mol. The first kappa shape index (κ1) is 8.90. The molecule has 72 valence electrons. The van der Waals surface area contributed by atoms with Crippen molar-refractivity contribution in [1.82, 2.24) is 9.38 Å². The van der Waals surface area contributed by atoms with Gasteiger partial charge in [-0.05, 0) is 19.1 Å². The zero-order chi connectivity index (χ0) is 10.1. The fourth-order valence-corrected chi connectivity index (χ4v) is 1.63. The van der Waals surface area contributed by atoms with Gasteiger partial charge in [0.15, 0.2) is 6.29 Å². The molecule has 4 nitrogen and oxygen atoms in total. The summed E-state index contributed by atoms with van der Waals surface area (Å²) in [4.78, 5) is 14.9. The standard InChI is InChI=1S/C10H11N3O/c1-7-3-2-4-9-8(6-14)12-10(5-11)13(7)9/h2-4,6H,5,11H2,1H3. The maximum atomic E-state index is 10.7. The minimum atomic E-state index is 0.333. The summed E-state index contributed by atoms with van der Waals surface area (Å²) in [6.45, 7) is 2.29. The number of rotatable bonds is 2. The van der Waals surface area contributed by atoms with Gasteiger partial charge in [0.25, 0.3) is 0 Å². The van der Waals surface area contributed by atoms with Crippen LogP contribution in [-0.4, -0.2) is 15.7 Å². The molecule has 14 heavy (non-hydrogen) atoms. The molecule has 0 saturated carbocycles. The van der Waals surface area contributed by atoms with E-state index in [2.05, 4.69) is 4.98 Å². The number of carbonyl (C=O) groups excluding carboxylic acids is 1. The molecule has 2 rings (SSSR count). The topological polar surface area (TPSA) is 60.4 Å². The van der Waals surface area contributed by atoms with E-state index in [0.29, 0.717) is 12.2 Å². The maximum Gasteiger partial charge on any atom is 0.170 e. The Morgan fingerprint density at radius 1 is 1.57 bits per heavy atom. The van der Waals surface area contributed by atoms with Gasteiger partial charge < -0.3 is 5.73 Å². The van der Waals surface area contributed by atoms with E-state index in [4.69, 9.17) is 5.73 Å². The summed E-state index contributed by atoms with van der Waals surface area (Å²) in [5.74, 6) is 0.722. The summed E-state index contributed by atoms with van der Waals surface area (Å²) in [5.41, 5.74) is 7.86. The monoisotopic (exact) mass is 189 g/mol. The molecular formula is C10H11N3O. The van der Waals surface area contributed by atoms with Crippen molar-refractivity contribution in [3.8, 4) is 0 Å². The smallest absolute Gasteiger partial charge is 0.170 e. The maximum absolute atomic E-state index is 10.7. The first-order chi connectivity index (χ1) is 6.77. The zero-order valence-corrected chi connectivity index (χ0v) is 7.90. The second kappa shape index (κ2) is 3.23. The lowest BCUT2D eigenvalue weighted by atomic mass is 10.3. The van der Waals surface area contributed by atoms with E-state index in [-0.39, 0.29) is 0 Å². The SMILES string of the molecule is Cc1cccc2c(C=O)nc(CN)n12. The predicted octanol–water partition coefficient (Wildman–Crippen LogP) is 0.914. The number of nitrogens with two attached hydrogens (primary N) is 1. The number of nitrogens with zero attached hydrogens (tertiary/aromatic N) is 2. The molecule has 0 aromatic carbocycles. The fourth-order valence-electron chi connectivity index (χ4n) is 1.63. The number of aryl methyl sites for hydroxylation is 1. The minimum absolute atomic E-state index is 0.333. The van der Waals surface area contributed by atoms with Crippen molar-refractivity contribution in [3.63, 3.8) is 0 Å². The third-order valence-electron chi connectivity index (χ3n) is 2.25. The molecule has 0 unspecified atom stereocenters. The quantitative estimate of drug-likeness (QED) is 0.714. The van der Waals surface area contributed by atoms with E-state index in [1.54, 1.807) is 0 Å². The van der Waals surface area contributed by atoms with Crippen LogP contribution in [0.3, 0.4) is 0 Å². The van der Waals surface area contributed by atoms with Crippen LogP contribution in [0.25, 0.3) is 5.52 Å². The Kier molecular flexibility index (Phi) is 2.05. The minimum Gasteiger partial charge on any atom is -0.324 e. The number of imidazole rings is 1. The van der Waals surface area contributed by atoms with E-state index in [1.807, 2.05) is 29.5 Å². The molecule has 2 heterocycles.